The molecule has 0 unspecified atom stereocenters. The molecule has 0 heterocycles. The van der Waals surface area contributed by atoms with Gasteiger partial charge < -0.3 is 19.5 Å². The molecule has 0 aliphatic rings. The maximum atomic E-state index is 12.4. The largest absolute Gasteiger partial charge is 0.493 e. The topological polar surface area (TPSA) is 80.6 Å². The molecule has 0 spiro atoms. The van der Waals surface area contributed by atoms with Crippen molar-refractivity contribution in [2.75, 3.05) is 27.9 Å². The summed E-state index contributed by atoms with van der Waals surface area (Å²) in [6, 6.07) is 12.7. The molecule has 0 aliphatic carbocycles. The lowest BCUT2D eigenvalue weighted by Crippen LogP contribution is -2.26. The number of benzene rings is 2. The SMILES string of the molecule is COc1ccc(/C=C(/C#N)C(=O)NCCc2ccccc2Cl)c(OC)c1OC. The molecule has 6 nitrogen and oxygen atoms in total. The maximum absolute atomic E-state index is 12.4. The van der Waals surface area contributed by atoms with E-state index in [4.69, 9.17) is 25.8 Å². The van der Waals surface area contributed by atoms with Crippen LogP contribution in [0.1, 0.15) is 11.1 Å². The number of nitriles is 1. The minimum atomic E-state index is -0.480. The lowest BCUT2D eigenvalue weighted by atomic mass is 10.1. The summed E-state index contributed by atoms with van der Waals surface area (Å²) in [5.41, 5.74) is 1.40. The van der Waals surface area contributed by atoms with Crippen LogP contribution in [0.4, 0.5) is 0 Å². The van der Waals surface area contributed by atoms with E-state index in [-0.39, 0.29) is 5.57 Å². The second kappa shape index (κ2) is 10.2. The van der Waals surface area contributed by atoms with Crippen LogP contribution in [-0.4, -0.2) is 33.8 Å². The average Bonchev–Trinajstić information content (AvgIpc) is 2.72. The van der Waals surface area contributed by atoms with E-state index in [1.165, 1.54) is 27.4 Å². The van der Waals surface area contributed by atoms with Crippen LogP contribution in [0.25, 0.3) is 6.08 Å². The van der Waals surface area contributed by atoms with Crippen LogP contribution in [0.5, 0.6) is 17.2 Å². The van der Waals surface area contributed by atoms with Gasteiger partial charge in [-0.05, 0) is 36.3 Å². The Morgan fingerprint density at radius 1 is 1.11 bits per heavy atom. The highest BCUT2D eigenvalue weighted by atomic mass is 35.5. The minimum Gasteiger partial charge on any atom is -0.493 e. The molecule has 0 aliphatic heterocycles. The van der Waals surface area contributed by atoms with Crippen molar-refractivity contribution in [2.45, 2.75) is 6.42 Å². The zero-order valence-electron chi connectivity index (χ0n) is 15.9. The van der Waals surface area contributed by atoms with Crippen LogP contribution >= 0.6 is 11.6 Å². The molecule has 7 heteroatoms. The van der Waals surface area contributed by atoms with Crippen molar-refractivity contribution in [3.05, 3.63) is 58.1 Å². The number of nitrogens with zero attached hydrogens (tertiary/aromatic N) is 1. The molecule has 28 heavy (non-hydrogen) atoms. The Morgan fingerprint density at radius 3 is 2.43 bits per heavy atom. The van der Waals surface area contributed by atoms with Gasteiger partial charge in [-0.15, -0.1) is 0 Å². The number of methoxy groups -OCH3 is 3. The van der Waals surface area contributed by atoms with Crippen molar-refractivity contribution in [2.24, 2.45) is 0 Å². The van der Waals surface area contributed by atoms with Gasteiger partial charge >= 0.3 is 0 Å². The number of amides is 1. The molecule has 0 fully saturated rings. The summed E-state index contributed by atoms with van der Waals surface area (Å²) in [5.74, 6) is 0.763. The summed E-state index contributed by atoms with van der Waals surface area (Å²) in [5, 5.41) is 12.8. The fourth-order valence-electron chi connectivity index (χ4n) is 2.65. The van der Waals surface area contributed by atoms with Crippen molar-refractivity contribution < 1.29 is 19.0 Å². The second-order valence-electron chi connectivity index (χ2n) is 5.69. The summed E-state index contributed by atoms with van der Waals surface area (Å²) < 4.78 is 15.9. The van der Waals surface area contributed by atoms with Gasteiger partial charge in [0.2, 0.25) is 5.75 Å². The van der Waals surface area contributed by atoms with Gasteiger partial charge in [-0.2, -0.15) is 5.26 Å². The molecule has 1 amide bonds. The quantitative estimate of drug-likeness (QED) is 0.540. The lowest BCUT2D eigenvalue weighted by Gasteiger charge is -2.14. The van der Waals surface area contributed by atoms with Crippen LogP contribution in [0.3, 0.4) is 0 Å². The molecule has 0 radical (unpaired) electrons. The Bertz CT molecular complexity index is 919. The van der Waals surface area contributed by atoms with Crippen LogP contribution in [0, 0.1) is 11.3 Å². The van der Waals surface area contributed by atoms with E-state index >= 15 is 0 Å². The number of carbonyl (C=O) groups excluding carboxylic acids is 1. The van der Waals surface area contributed by atoms with Gasteiger partial charge in [-0.25, -0.2) is 0 Å². The Kier molecular flexibility index (Phi) is 7.73. The third-order valence-corrected chi connectivity index (χ3v) is 4.41. The normalized spacial score (nSPS) is 10.8. The molecule has 0 saturated heterocycles. The zero-order chi connectivity index (χ0) is 20.5. The third kappa shape index (κ3) is 4.96. The molecule has 2 rings (SSSR count). The lowest BCUT2D eigenvalue weighted by molar-refractivity contribution is -0.117. The molecule has 0 atom stereocenters. The Balaban J connectivity index is 2.18. The van der Waals surface area contributed by atoms with Crippen molar-refractivity contribution in [1.29, 1.82) is 5.26 Å². The van der Waals surface area contributed by atoms with Crippen molar-refractivity contribution in [3.63, 3.8) is 0 Å². The first-order valence-corrected chi connectivity index (χ1v) is 8.85. The number of rotatable bonds is 8. The zero-order valence-corrected chi connectivity index (χ0v) is 16.7. The molecule has 2 aromatic rings. The minimum absolute atomic E-state index is 0.0512. The number of nitrogens with one attached hydrogen (secondary N) is 1. The van der Waals surface area contributed by atoms with Gasteiger partial charge in [-0.3, -0.25) is 4.79 Å². The fraction of sp³-hybridized carbons (Fsp3) is 0.238. The first-order valence-electron chi connectivity index (χ1n) is 8.48. The van der Waals surface area contributed by atoms with Gasteiger partial charge in [0.25, 0.3) is 5.91 Å². The van der Waals surface area contributed by atoms with Gasteiger partial charge in [0.05, 0.1) is 21.3 Å². The summed E-state index contributed by atoms with van der Waals surface area (Å²) in [6.45, 7) is 0.352. The van der Waals surface area contributed by atoms with Crippen LogP contribution < -0.4 is 19.5 Å². The molecule has 0 bridgehead atoms. The molecular formula is C21H21ClN2O4. The van der Waals surface area contributed by atoms with Gasteiger partial charge in [0.1, 0.15) is 11.6 Å². The smallest absolute Gasteiger partial charge is 0.261 e. The average molecular weight is 401 g/mol. The van der Waals surface area contributed by atoms with E-state index in [0.717, 1.165) is 5.56 Å². The molecule has 146 valence electrons. The predicted molar refractivity (Wildman–Crippen MR) is 108 cm³/mol. The van der Waals surface area contributed by atoms with Crippen LogP contribution in [0.2, 0.25) is 5.02 Å². The number of carbonyl (C=O) groups is 1. The van der Waals surface area contributed by atoms with Gasteiger partial charge in [-0.1, -0.05) is 29.8 Å². The van der Waals surface area contributed by atoms with E-state index in [9.17, 15) is 10.1 Å². The highest BCUT2D eigenvalue weighted by Gasteiger charge is 2.17. The predicted octanol–water partition coefficient (Wildman–Crippen LogP) is 3.63. The van der Waals surface area contributed by atoms with Gasteiger partial charge in [0, 0.05) is 17.1 Å². The summed E-state index contributed by atoms with van der Waals surface area (Å²) in [7, 11) is 4.48. The molecular weight excluding hydrogens is 380 g/mol. The number of ether oxygens (including phenoxy) is 3. The van der Waals surface area contributed by atoms with Gasteiger partial charge in [0.15, 0.2) is 11.5 Å². The molecule has 0 aromatic heterocycles. The first kappa shape index (κ1) is 21.1. The molecule has 0 saturated carbocycles. The van der Waals surface area contributed by atoms with Crippen molar-refractivity contribution in [3.8, 4) is 23.3 Å². The monoisotopic (exact) mass is 400 g/mol. The third-order valence-electron chi connectivity index (χ3n) is 4.04. The Labute approximate surface area is 169 Å². The molecule has 2 aromatic carbocycles. The van der Waals surface area contributed by atoms with E-state index in [1.54, 1.807) is 18.2 Å². The van der Waals surface area contributed by atoms with Crippen molar-refractivity contribution >= 4 is 23.6 Å². The number of hydrogen-bond donors (Lipinski definition) is 1. The second-order valence-corrected chi connectivity index (χ2v) is 6.10. The van der Waals surface area contributed by atoms with E-state index in [0.29, 0.717) is 40.8 Å². The Morgan fingerprint density at radius 2 is 1.82 bits per heavy atom. The summed E-state index contributed by atoms with van der Waals surface area (Å²) in [6.07, 6.45) is 2.01. The molecule has 1 N–H and O–H groups in total. The van der Waals surface area contributed by atoms with Crippen LogP contribution in [-0.2, 0) is 11.2 Å². The van der Waals surface area contributed by atoms with E-state index in [1.807, 2.05) is 24.3 Å². The number of halogens is 1. The maximum Gasteiger partial charge on any atom is 0.261 e. The van der Waals surface area contributed by atoms with E-state index < -0.39 is 5.91 Å². The highest BCUT2D eigenvalue weighted by Crippen LogP contribution is 2.40. The Hall–Kier alpha value is -3.17. The van der Waals surface area contributed by atoms with Crippen molar-refractivity contribution in [1.82, 2.24) is 5.32 Å². The first-order chi connectivity index (χ1) is 13.5. The summed E-state index contributed by atoms with van der Waals surface area (Å²) >= 11 is 6.11. The summed E-state index contributed by atoms with van der Waals surface area (Å²) in [4.78, 5) is 12.4. The van der Waals surface area contributed by atoms with Crippen LogP contribution in [0.15, 0.2) is 42.0 Å². The standard InChI is InChI=1S/C21H21ClN2O4/c1-26-18-9-8-15(19(27-2)20(18)28-3)12-16(13-23)21(25)24-11-10-14-6-4-5-7-17(14)22/h4-9,12H,10-11H2,1-3H3,(H,24,25)/b16-12-. The number of hydrogen-bond acceptors (Lipinski definition) is 5. The van der Waals surface area contributed by atoms with E-state index in [2.05, 4.69) is 5.32 Å². The fourth-order valence-corrected chi connectivity index (χ4v) is 2.88. The highest BCUT2D eigenvalue weighted by molar-refractivity contribution is 6.31.